The van der Waals surface area contributed by atoms with Crippen molar-refractivity contribution < 1.29 is 17.9 Å². The van der Waals surface area contributed by atoms with Crippen LogP contribution in [0.2, 0.25) is 0 Å². The van der Waals surface area contributed by atoms with Gasteiger partial charge >= 0.3 is 0 Å². The quantitative estimate of drug-likeness (QED) is 0.296. The third kappa shape index (κ3) is 3.91. The van der Waals surface area contributed by atoms with E-state index in [-0.39, 0.29) is 18.1 Å². The van der Waals surface area contributed by atoms with Crippen LogP contribution in [0.3, 0.4) is 0 Å². The zero-order valence-electron chi connectivity index (χ0n) is 18.5. The Morgan fingerprint density at radius 3 is 2.47 bits per heavy atom. The van der Waals surface area contributed by atoms with Gasteiger partial charge in [0.1, 0.15) is 11.6 Å². The highest BCUT2D eigenvalue weighted by Gasteiger charge is 2.20. The summed E-state index contributed by atoms with van der Waals surface area (Å²) in [6.07, 6.45) is 2.52. The molecule has 3 aromatic heterocycles. The number of fused-ring (bicyclic) bond motifs is 1. The first kappa shape index (κ1) is 21.8. The predicted molar refractivity (Wildman–Crippen MR) is 124 cm³/mol. The number of halogens is 3. The van der Waals surface area contributed by atoms with Crippen LogP contribution in [0.1, 0.15) is 23.4 Å². The molecule has 3 heterocycles. The van der Waals surface area contributed by atoms with Crippen molar-refractivity contribution in [3.05, 3.63) is 96.1 Å². The first-order chi connectivity index (χ1) is 16.4. The molecule has 5 aromatic rings. The van der Waals surface area contributed by atoms with E-state index in [4.69, 9.17) is 4.74 Å². The maximum Gasteiger partial charge on any atom is 0.278 e. The van der Waals surface area contributed by atoms with Gasteiger partial charge in [-0.1, -0.05) is 18.2 Å². The normalized spacial score (nSPS) is 11.5. The number of benzene rings is 2. The van der Waals surface area contributed by atoms with Crippen LogP contribution < -0.4 is 4.74 Å². The van der Waals surface area contributed by atoms with Crippen LogP contribution in [-0.4, -0.2) is 26.2 Å². The van der Waals surface area contributed by atoms with E-state index < -0.39 is 6.43 Å². The minimum atomic E-state index is -2.68. The smallest absolute Gasteiger partial charge is 0.278 e. The third-order valence-electron chi connectivity index (χ3n) is 5.78. The molecular weight excluding hydrogens is 441 g/mol. The molecule has 34 heavy (non-hydrogen) atoms. The van der Waals surface area contributed by atoms with Crippen LogP contribution in [0.4, 0.5) is 13.2 Å². The molecular formula is C26H21F3N4O. The van der Waals surface area contributed by atoms with Gasteiger partial charge in [-0.25, -0.2) is 18.2 Å². The topological polar surface area (TPSA) is 44.9 Å². The summed E-state index contributed by atoms with van der Waals surface area (Å²) < 4.78 is 50.3. The van der Waals surface area contributed by atoms with Crippen molar-refractivity contribution >= 4 is 10.9 Å². The highest BCUT2D eigenvalue weighted by atomic mass is 19.3. The number of aryl methyl sites for hydroxylation is 1. The maximum absolute atomic E-state index is 14.0. The second-order valence-electron chi connectivity index (χ2n) is 7.98. The summed E-state index contributed by atoms with van der Waals surface area (Å²) in [6.45, 7) is 2.09. The number of ether oxygens (including phenoxy) is 1. The number of nitrogens with zero attached hydrogens (tertiary/aromatic N) is 4. The highest BCUT2D eigenvalue weighted by molar-refractivity contribution is 5.94. The Balaban J connectivity index is 1.63. The zero-order valence-corrected chi connectivity index (χ0v) is 18.5. The second-order valence-corrected chi connectivity index (χ2v) is 7.98. The molecule has 0 saturated carbocycles. The van der Waals surface area contributed by atoms with E-state index in [9.17, 15) is 13.2 Å². The van der Waals surface area contributed by atoms with Crippen LogP contribution in [0.15, 0.2) is 73.3 Å². The summed E-state index contributed by atoms with van der Waals surface area (Å²) in [4.78, 5) is 8.77. The fourth-order valence-corrected chi connectivity index (χ4v) is 4.16. The van der Waals surface area contributed by atoms with E-state index in [1.54, 1.807) is 42.4 Å². The average Bonchev–Trinajstić information content (AvgIpc) is 3.44. The summed E-state index contributed by atoms with van der Waals surface area (Å²) in [7, 11) is 1.58. The minimum Gasteiger partial charge on any atom is -0.495 e. The van der Waals surface area contributed by atoms with Crippen LogP contribution in [0.25, 0.3) is 27.8 Å². The van der Waals surface area contributed by atoms with E-state index in [2.05, 4.69) is 9.97 Å². The molecule has 0 radical (unpaired) electrons. The number of rotatable bonds is 6. The number of imidazole rings is 1. The molecule has 0 fully saturated rings. The summed E-state index contributed by atoms with van der Waals surface area (Å²) in [6, 6.07) is 14.6. The average molecular weight is 462 g/mol. The van der Waals surface area contributed by atoms with E-state index in [0.717, 1.165) is 22.5 Å². The molecule has 5 nitrogen and oxygen atoms in total. The molecule has 172 valence electrons. The molecule has 0 aliphatic heterocycles. The fourth-order valence-electron chi connectivity index (χ4n) is 4.16. The van der Waals surface area contributed by atoms with Gasteiger partial charge < -0.3 is 13.9 Å². The van der Waals surface area contributed by atoms with E-state index >= 15 is 0 Å². The Labute approximate surface area is 194 Å². The Morgan fingerprint density at radius 2 is 1.79 bits per heavy atom. The molecule has 0 spiro atoms. The number of aromatic nitrogens is 4. The Hall–Kier alpha value is -4.07. The molecule has 8 heteroatoms. The number of methoxy groups -OCH3 is 1. The van der Waals surface area contributed by atoms with Crippen molar-refractivity contribution in [3.63, 3.8) is 0 Å². The van der Waals surface area contributed by atoms with Gasteiger partial charge in [0.2, 0.25) is 0 Å². The fraction of sp³-hybridized carbons (Fsp3) is 0.154. The Morgan fingerprint density at radius 1 is 1.00 bits per heavy atom. The number of hydrogen-bond acceptors (Lipinski definition) is 3. The molecule has 5 rings (SSSR count). The highest BCUT2D eigenvalue weighted by Crippen LogP contribution is 2.36. The summed E-state index contributed by atoms with van der Waals surface area (Å²) in [5.41, 5.74) is 4.22. The van der Waals surface area contributed by atoms with E-state index in [0.29, 0.717) is 22.3 Å². The molecule has 0 bridgehead atoms. The number of pyridine rings is 1. The molecule has 0 amide bonds. The van der Waals surface area contributed by atoms with Gasteiger partial charge in [-0.2, -0.15) is 0 Å². The van der Waals surface area contributed by atoms with Gasteiger partial charge in [0.25, 0.3) is 6.43 Å². The Kier molecular flexibility index (Phi) is 5.57. The van der Waals surface area contributed by atoms with Crippen LogP contribution in [0.5, 0.6) is 5.75 Å². The molecule has 0 atom stereocenters. The SMILES string of the molecule is COc1cc(-c2nccc3c2cc(C(F)F)n3Cc2ccc(F)cc2)ccc1-n1cnc(C)c1. The number of hydrogen-bond donors (Lipinski definition) is 0. The van der Waals surface area contributed by atoms with Gasteiger partial charge in [-0.15, -0.1) is 0 Å². The lowest BCUT2D eigenvalue weighted by atomic mass is 10.1. The van der Waals surface area contributed by atoms with Crippen molar-refractivity contribution in [2.24, 2.45) is 0 Å². The van der Waals surface area contributed by atoms with Crippen molar-refractivity contribution in [2.45, 2.75) is 19.9 Å². The van der Waals surface area contributed by atoms with E-state index in [1.165, 1.54) is 18.2 Å². The van der Waals surface area contributed by atoms with E-state index in [1.807, 2.05) is 35.9 Å². The summed E-state index contributed by atoms with van der Waals surface area (Å²) >= 11 is 0. The van der Waals surface area contributed by atoms with Gasteiger partial charge in [0, 0.05) is 29.9 Å². The molecule has 0 unspecified atom stereocenters. The largest absolute Gasteiger partial charge is 0.495 e. The summed E-state index contributed by atoms with van der Waals surface area (Å²) in [5, 5.41) is 0.605. The van der Waals surface area contributed by atoms with Gasteiger partial charge in [-0.05, 0) is 48.9 Å². The molecule has 2 aromatic carbocycles. The van der Waals surface area contributed by atoms with Gasteiger partial charge in [0.05, 0.1) is 41.7 Å². The first-order valence-electron chi connectivity index (χ1n) is 10.6. The lowest BCUT2D eigenvalue weighted by Gasteiger charge is -2.12. The lowest BCUT2D eigenvalue weighted by Crippen LogP contribution is -2.04. The standard InChI is InChI=1S/C26H21F3N4O/c1-16-13-32(15-31-16)22-8-5-18(11-24(22)34-2)25-20-12-23(26(28)29)33(21(20)9-10-30-25)14-17-3-6-19(27)7-4-17/h3-13,15,26H,14H2,1-2H3. The first-order valence-corrected chi connectivity index (χ1v) is 10.6. The molecule has 0 N–H and O–H groups in total. The van der Waals surface area contributed by atoms with Crippen LogP contribution >= 0.6 is 0 Å². The van der Waals surface area contributed by atoms with Crippen molar-refractivity contribution in [1.82, 2.24) is 19.1 Å². The monoisotopic (exact) mass is 462 g/mol. The lowest BCUT2D eigenvalue weighted by molar-refractivity contribution is 0.142. The third-order valence-corrected chi connectivity index (χ3v) is 5.78. The van der Waals surface area contributed by atoms with Gasteiger partial charge in [0.15, 0.2) is 0 Å². The molecule has 0 saturated heterocycles. The minimum absolute atomic E-state index is 0.119. The zero-order chi connectivity index (χ0) is 23.8. The van der Waals surface area contributed by atoms with Crippen molar-refractivity contribution in [3.8, 4) is 22.7 Å². The van der Waals surface area contributed by atoms with Crippen molar-refractivity contribution in [2.75, 3.05) is 7.11 Å². The summed E-state index contributed by atoms with van der Waals surface area (Å²) in [5.74, 6) is 0.235. The number of alkyl halides is 2. The van der Waals surface area contributed by atoms with Crippen molar-refractivity contribution in [1.29, 1.82) is 0 Å². The van der Waals surface area contributed by atoms with Crippen LogP contribution in [-0.2, 0) is 6.54 Å². The predicted octanol–water partition coefficient (Wildman–Crippen LogP) is 6.33. The van der Waals surface area contributed by atoms with Gasteiger partial charge in [-0.3, -0.25) is 4.98 Å². The molecule has 0 aliphatic rings. The maximum atomic E-state index is 14.0. The second kappa shape index (κ2) is 8.70. The Bertz CT molecular complexity index is 1470. The molecule has 0 aliphatic carbocycles. The van der Waals surface area contributed by atoms with Crippen LogP contribution in [0, 0.1) is 12.7 Å².